The second-order valence-corrected chi connectivity index (χ2v) is 7.69. The Morgan fingerprint density at radius 1 is 1.20 bits per heavy atom. The van der Waals surface area contributed by atoms with E-state index in [2.05, 4.69) is 51.8 Å². The van der Waals surface area contributed by atoms with Gasteiger partial charge in [-0.3, -0.25) is 4.90 Å². The first-order valence-corrected chi connectivity index (χ1v) is 9.38. The fourth-order valence-corrected chi connectivity index (χ4v) is 4.17. The molecule has 3 unspecified atom stereocenters. The molecule has 0 radical (unpaired) electrons. The van der Waals surface area contributed by atoms with Gasteiger partial charge in [-0.2, -0.15) is 0 Å². The summed E-state index contributed by atoms with van der Waals surface area (Å²) in [6.45, 7) is 11.4. The molecule has 0 saturated carbocycles. The summed E-state index contributed by atoms with van der Waals surface area (Å²) in [5, 5.41) is 0. The Balaban J connectivity index is 1.40. The molecule has 0 aromatic carbocycles. The zero-order chi connectivity index (χ0) is 17.4. The number of fused-ring (bicyclic) bond motifs is 1. The zero-order valence-corrected chi connectivity index (χ0v) is 15.5. The van der Waals surface area contributed by atoms with Crippen molar-refractivity contribution >= 4 is 5.95 Å². The second-order valence-electron chi connectivity index (χ2n) is 7.69. The molecular formula is C20H28N4O. The van der Waals surface area contributed by atoms with Crippen molar-refractivity contribution < 1.29 is 4.74 Å². The van der Waals surface area contributed by atoms with E-state index in [0.29, 0.717) is 12.0 Å². The van der Waals surface area contributed by atoms with E-state index >= 15 is 0 Å². The van der Waals surface area contributed by atoms with E-state index in [0.717, 1.165) is 50.7 Å². The number of piperazine rings is 1. The summed E-state index contributed by atoms with van der Waals surface area (Å²) in [6, 6.07) is 0.416. The van der Waals surface area contributed by atoms with E-state index in [1.165, 1.54) is 5.57 Å². The third kappa shape index (κ3) is 3.23. The number of anilines is 1. The van der Waals surface area contributed by atoms with Crippen molar-refractivity contribution in [1.82, 2.24) is 14.9 Å². The van der Waals surface area contributed by atoms with Crippen molar-refractivity contribution in [1.29, 1.82) is 0 Å². The van der Waals surface area contributed by atoms with Gasteiger partial charge in [0.1, 0.15) is 0 Å². The van der Waals surface area contributed by atoms with Gasteiger partial charge in [-0.05, 0) is 44.4 Å². The van der Waals surface area contributed by atoms with Crippen LogP contribution in [0, 0.1) is 12.8 Å². The zero-order valence-electron chi connectivity index (χ0n) is 15.5. The number of aryl methyl sites for hydroxylation is 1. The first-order chi connectivity index (χ1) is 12.0. The predicted molar refractivity (Wildman–Crippen MR) is 99.7 cm³/mol. The van der Waals surface area contributed by atoms with E-state index in [1.54, 1.807) is 0 Å². The topological polar surface area (TPSA) is 41.5 Å². The number of hydrogen-bond acceptors (Lipinski definition) is 5. The quantitative estimate of drug-likeness (QED) is 0.846. The van der Waals surface area contributed by atoms with Gasteiger partial charge in [0, 0.05) is 57.1 Å². The van der Waals surface area contributed by atoms with Crippen molar-refractivity contribution in [2.75, 3.05) is 37.7 Å². The maximum Gasteiger partial charge on any atom is 0.225 e. The van der Waals surface area contributed by atoms with Crippen LogP contribution in [0.25, 0.3) is 0 Å². The van der Waals surface area contributed by atoms with E-state index < -0.39 is 0 Å². The Morgan fingerprint density at radius 2 is 1.92 bits per heavy atom. The molecule has 3 heterocycles. The maximum absolute atomic E-state index is 6.03. The molecule has 3 aliphatic rings. The van der Waals surface area contributed by atoms with Crippen LogP contribution in [0.4, 0.5) is 5.95 Å². The van der Waals surface area contributed by atoms with Crippen LogP contribution in [0.2, 0.25) is 0 Å². The van der Waals surface area contributed by atoms with Gasteiger partial charge in [0.05, 0.1) is 5.60 Å². The van der Waals surface area contributed by atoms with Crippen molar-refractivity contribution in [2.24, 2.45) is 5.92 Å². The average molecular weight is 340 g/mol. The van der Waals surface area contributed by atoms with Gasteiger partial charge in [-0.25, -0.2) is 9.97 Å². The Hall–Kier alpha value is -1.72. The number of ether oxygens (including phenoxy) is 1. The average Bonchev–Trinajstić information content (AvgIpc) is 3.02. The smallest absolute Gasteiger partial charge is 0.225 e. The molecule has 0 spiro atoms. The number of nitrogens with zero attached hydrogens (tertiary/aromatic N) is 4. The van der Waals surface area contributed by atoms with E-state index in [-0.39, 0.29) is 5.60 Å². The standard InChI is InChI=1S/C20H28N4O/c1-15-13-21-19(22-14-15)24-9-7-23(8-10-24)16(2)17-4-5-18-6-11-25-20(18,3)12-17/h4-5,12-14,16,18H,6-11H2,1-3H3. The Bertz CT molecular complexity index is 675. The minimum absolute atomic E-state index is 0.101. The lowest BCUT2D eigenvalue weighted by molar-refractivity contribution is 0.0441. The number of rotatable bonds is 3. The molecule has 4 rings (SSSR count). The van der Waals surface area contributed by atoms with Crippen molar-refractivity contribution in [2.45, 2.75) is 38.8 Å². The molecule has 0 bridgehead atoms. The van der Waals surface area contributed by atoms with Gasteiger partial charge in [-0.15, -0.1) is 0 Å². The summed E-state index contributed by atoms with van der Waals surface area (Å²) in [4.78, 5) is 13.8. The highest BCUT2D eigenvalue weighted by Crippen LogP contribution is 2.39. The molecule has 1 aromatic rings. The Morgan fingerprint density at radius 3 is 2.64 bits per heavy atom. The van der Waals surface area contributed by atoms with Crippen LogP contribution in [0.3, 0.4) is 0 Å². The Labute approximate surface area is 150 Å². The van der Waals surface area contributed by atoms with Crippen LogP contribution >= 0.6 is 0 Å². The minimum atomic E-state index is -0.101. The van der Waals surface area contributed by atoms with Gasteiger partial charge in [0.25, 0.3) is 0 Å². The van der Waals surface area contributed by atoms with Gasteiger partial charge < -0.3 is 9.64 Å². The highest BCUT2D eigenvalue weighted by atomic mass is 16.5. The molecule has 5 heteroatoms. The predicted octanol–water partition coefficient (Wildman–Crippen LogP) is 2.59. The molecule has 2 saturated heterocycles. The van der Waals surface area contributed by atoms with Gasteiger partial charge in [0.15, 0.2) is 0 Å². The minimum Gasteiger partial charge on any atom is -0.371 e. The highest BCUT2D eigenvalue weighted by Gasteiger charge is 2.39. The van der Waals surface area contributed by atoms with Crippen molar-refractivity contribution in [3.05, 3.63) is 41.8 Å². The third-order valence-corrected chi connectivity index (χ3v) is 5.95. The molecule has 134 valence electrons. The van der Waals surface area contributed by atoms with Crippen LogP contribution in [0.15, 0.2) is 36.2 Å². The summed E-state index contributed by atoms with van der Waals surface area (Å²) in [5.74, 6) is 1.39. The first-order valence-electron chi connectivity index (χ1n) is 9.38. The lowest BCUT2D eigenvalue weighted by Crippen LogP contribution is -2.50. The SMILES string of the molecule is Cc1cnc(N2CCN(C(C)C3=CC4(C)OCCC4C=C3)CC2)nc1. The fourth-order valence-electron chi connectivity index (χ4n) is 4.17. The first kappa shape index (κ1) is 16.7. The molecule has 0 amide bonds. The number of hydrogen-bond donors (Lipinski definition) is 0. The summed E-state index contributed by atoms with van der Waals surface area (Å²) in [6.07, 6.45) is 12.0. The van der Waals surface area contributed by atoms with Gasteiger partial charge >= 0.3 is 0 Å². The highest BCUT2D eigenvalue weighted by molar-refractivity contribution is 5.35. The normalized spacial score (nSPS) is 30.9. The van der Waals surface area contributed by atoms with Crippen molar-refractivity contribution in [3.8, 4) is 0 Å². The maximum atomic E-state index is 6.03. The molecule has 1 aliphatic carbocycles. The van der Waals surface area contributed by atoms with Crippen LogP contribution in [0.1, 0.15) is 25.8 Å². The summed E-state index contributed by atoms with van der Waals surface area (Å²) in [5.41, 5.74) is 2.39. The van der Waals surface area contributed by atoms with Gasteiger partial charge in [0.2, 0.25) is 5.95 Å². The van der Waals surface area contributed by atoms with Crippen LogP contribution in [-0.4, -0.2) is 59.3 Å². The fraction of sp³-hybridized carbons (Fsp3) is 0.600. The monoisotopic (exact) mass is 340 g/mol. The molecular weight excluding hydrogens is 312 g/mol. The second kappa shape index (κ2) is 6.54. The Kier molecular flexibility index (Phi) is 4.38. The summed E-state index contributed by atoms with van der Waals surface area (Å²) < 4.78 is 6.03. The van der Waals surface area contributed by atoms with E-state index in [4.69, 9.17) is 4.74 Å². The molecule has 3 atom stereocenters. The molecule has 0 N–H and O–H groups in total. The molecule has 2 fully saturated rings. The summed E-state index contributed by atoms with van der Waals surface area (Å²) in [7, 11) is 0. The summed E-state index contributed by atoms with van der Waals surface area (Å²) >= 11 is 0. The molecule has 5 nitrogen and oxygen atoms in total. The lowest BCUT2D eigenvalue weighted by atomic mass is 9.81. The van der Waals surface area contributed by atoms with E-state index in [9.17, 15) is 0 Å². The van der Waals surface area contributed by atoms with E-state index in [1.807, 2.05) is 19.3 Å². The lowest BCUT2D eigenvalue weighted by Gasteiger charge is -2.40. The van der Waals surface area contributed by atoms with Crippen LogP contribution in [-0.2, 0) is 4.74 Å². The van der Waals surface area contributed by atoms with Gasteiger partial charge in [-0.1, -0.05) is 12.2 Å². The molecule has 25 heavy (non-hydrogen) atoms. The molecule has 1 aromatic heterocycles. The largest absolute Gasteiger partial charge is 0.371 e. The van der Waals surface area contributed by atoms with Crippen LogP contribution < -0.4 is 4.90 Å². The van der Waals surface area contributed by atoms with Crippen molar-refractivity contribution in [3.63, 3.8) is 0 Å². The van der Waals surface area contributed by atoms with Crippen LogP contribution in [0.5, 0.6) is 0 Å². The number of aromatic nitrogens is 2. The molecule has 2 aliphatic heterocycles. The third-order valence-electron chi connectivity index (χ3n) is 5.95.